The summed E-state index contributed by atoms with van der Waals surface area (Å²) >= 11 is 0. The van der Waals surface area contributed by atoms with Gasteiger partial charge in [0.05, 0.1) is 19.3 Å². The normalized spacial score (nSPS) is 16.1. The van der Waals surface area contributed by atoms with Gasteiger partial charge < -0.3 is 30.0 Å². The number of hydrogen-bond acceptors (Lipinski definition) is 9. The Bertz CT molecular complexity index is 977. The molecule has 1 fully saturated rings. The highest BCUT2D eigenvalue weighted by Gasteiger charge is 2.38. The molecule has 40 heavy (non-hydrogen) atoms. The summed E-state index contributed by atoms with van der Waals surface area (Å²) in [7, 11) is 0. The number of alkyl carbamates (subject to hydrolysis) is 1. The van der Waals surface area contributed by atoms with Crippen LogP contribution in [-0.4, -0.2) is 88.6 Å². The molecule has 1 heterocycles. The Hall–Kier alpha value is -3.94. The molecule has 0 bridgehead atoms. The molecule has 1 aliphatic rings. The largest absolute Gasteiger partial charge is 0.480 e. The van der Waals surface area contributed by atoms with E-state index in [0.29, 0.717) is 51.5 Å². The number of carboxylic acid groups (broad SMARTS) is 2. The van der Waals surface area contributed by atoms with E-state index in [2.05, 4.69) is 15.5 Å². The Kier molecular flexibility index (Phi) is 14.2. The lowest BCUT2D eigenvalue weighted by Gasteiger charge is -2.29. The van der Waals surface area contributed by atoms with Gasteiger partial charge in [-0.05, 0) is 63.4 Å². The molecule has 3 atom stereocenters. The van der Waals surface area contributed by atoms with Crippen molar-refractivity contribution < 1.29 is 44.1 Å². The van der Waals surface area contributed by atoms with Gasteiger partial charge in [0.1, 0.15) is 12.1 Å². The number of carbonyl (C=O) groups excluding carboxylic acids is 2. The van der Waals surface area contributed by atoms with E-state index in [0.717, 1.165) is 5.56 Å². The molecule has 14 heteroatoms. The number of hydrogen-bond donors (Lipinski definition) is 4. The predicted molar refractivity (Wildman–Crippen MR) is 141 cm³/mol. The Balaban J connectivity index is 1.87. The molecule has 0 spiro atoms. The first-order valence-corrected chi connectivity index (χ1v) is 13.4. The highest BCUT2D eigenvalue weighted by Crippen LogP contribution is 2.20. The summed E-state index contributed by atoms with van der Waals surface area (Å²) in [6, 6.07) is 6.54. The van der Waals surface area contributed by atoms with Gasteiger partial charge in [-0.1, -0.05) is 30.3 Å². The molecule has 0 aliphatic carbocycles. The van der Waals surface area contributed by atoms with Crippen LogP contribution in [0.1, 0.15) is 56.9 Å². The third-order valence-corrected chi connectivity index (χ3v) is 6.54. The van der Waals surface area contributed by atoms with Gasteiger partial charge in [-0.15, -0.1) is 10.1 Å². The van der Waals surface area contributed by atoms with Crippen LogP contribution in [0, 0.1) is 10.1 Å². The van der Waals surface area contributed by atoms with Crippen LogP contribution in [0.5, 0.6) is 0 Å². The van der Waals surface area contributed by atoms with Crippen molar-refractivity contribution in [3.05, 3.63) is 46.0 Å². The summed E-state index contributed by atoms with van der Waals surface area (Å²) in [4.78, 5) is 64.4. The predicted octanol–water partition coefficient (Wildman–Crippen LogP) is 1.99. The molecule has 0 aromatic heterocycles. The van der Waals surface area contributed by atoms with Gasteiger partial charge in [0.2, 0.25) is 5.91 Å². The molecule has 14 nitrogen and oxygen atoms in total. The zero-order valence-corrected chi connectivity index (χ0v) is 22.4. The fraction of sp³-hybridized carbons (Fsp3) is 0.615. The van der Waals surface area contributed by atoms with E-state index in [9.17, 15) is 39.5 Å². The monoisotopic (exact) mass is 566 g/mol. The highest BCUT2D eigenvalue weighted by molar-refractivity contribution is 5.88. The summed E-state index contributed by atoms with van der Waals surface area (Å²) in [6.07, 6.45) is 2.94. The zero-order valence-electron chi connectivity index (χ0n) is 22.4. The van der Waals surface area contributed by atoms with Gasteiger partial charge in [0.25, 0.3) is 5.09 Å². The van der Waals surface area contributed by atoms with Crippen LogP contribution in [0.2, 0.25) is 0 Å². The maximum Gasteiger partial charge on any atom is 0.407 e. The van der Waals surface area contributed by atoms with Crippen molar-refractivity contribution in [1.82, 2.24) is 15.5 Å². The molecule has 3 unspecified atom stereocenters. The molecule has 1 aromatic rings. The topological polar surface area (TPSA) is 198 Å². The van der Waals surface area contributed by atoms with E-state index in [1.165, 1.54) is 4.90 Å². The van der Waals surface area contributed by atoms with Crippen LogP contribution < -0.4 is 10.6 Å². The van der Waals surface area contributed by atoms with Crippen molar-refractivity contribution in [3.8, 4) is 0 Å². The molecular formula is C26H38N4O10. The summed E-state index contributed by atoms with van der Waals surface area (Å²) in [5.41, 5.74) is 0.965. The maximum absolute atomic E-state index is 13.4. The first kappa shape index (κ1) is 32.3. The summed E-state index contributed by atoms with van der Waals surface area (Å²) in [5, 5.41) is 34.1. The van der Waals surface area contributed by atoms with E-state index in [1.54, 1.807) is 0 Å². The molecule has 2 rings (SSSR count). The Morgan fingerprint density at radius 1 is 1.02 bits per heavy atom. The van der Waals surface area contributed by atoms with E-state index >= 15 is 0 Å². The second kappa shape index (κ2) is 17.6. The van der Waals surface area contributed by atoms with Crippen molar-refractivity contribution >= 4 is 23.9 Å². The molecule has 1 saturated heterocycles. The maximum atomic E-state index is 13.4. The fourth-order valence-electron chi connectivity index (χ4n) is 4.47. The third kappa shape index (κ3) is 11.8. The number of aliphatic carboxylic acids is 2. The van der Waals surface area contributed by atoms with Crippen LogP contribution >= 0.6 is 0 Å². The molecular weight excluding hydrogens is 528 g/mol. The quantitative estimate of drug-likeness (QED) is 0.108. The van der Waals surface area contributed by atoms with Crippen molar-refractivity contribution in [2.75, 3.05) is 26.3 Å². The third-order valence-electron chi connectivity index (χ3n) is 6.54. The van der Waals surface area contributed by atoms with Gasteiger partial charge in [-0.3, -0.25) is 14.9 Å². The van der Waals surface area contributed by atoms with Crippen LogP contribution in [0.15, 0.2) is 30.3 Å². The Labute approximate surface area is 232 Å². The second-order valence-corrected chi connectivity index (χ2v) is 9.48. The number of likely N-dealkylation sites (tertiary alicyclic amines) is 1. The molecule has 1 aliphatic heterocycles. The number of carbonyl (C=O) groups is 4. The molecule has 4 N–H and O–H groups in total. The number of nitrogens with one attached hydrogen (secondary N) is 2. The van der Waals surface area contributed by atoms with Gasteiger partial charge >= 0.3 is 18.0 Å². The van der Waals surface area contributed by atoms with Crippen molar-refractivity contribution in [2.24, 2.45) is 0 Å². The average Bonchev–Trinajstić information content (AvgIpc) is 3.42. The van der Waals surface area contributed by atoms with E-state index in [1.807, 2.05) is 30.3 Å². The standard InChI is InChI=1S/C26H38N4O10/c31-23(29-16-8-12-22(29)25(34)35)20(28-21(24(32)33)14-13-19-9-2-1-3-10-19)11-4-5-15-27-26(36)39-17-6-7-18-40-30(37)38/h1-3,9-10,20-22,28H,4-8,11-18H2,(H,27,36)(H,32,33)(H,34,35). The highest BCUT2D eigenvalue weighted by atomic mass is 16.9. The Morgan fingerprint density at radius 3 is 2.42 bits per heavy atom. The van der Waals surface area contributed by atoms with Crippen molar-refractivity contribution in [3.63, 3.8) is 0 Å². The van der Waals surface area contributed by atoms with Crippen LogP contribution in [-0.2, 0) is 30.4 Å². The lowest BCUT2D eigenvalue weighted by atomic mass is 10.0. The van der Waals surface area contributed by atoms with Gasteiger partial charge in [-0.25, -0.2) is 9.59 Å². The number of ether oxygens (including phenoxy) is 1. The van der Waals surface area contributed by atoms with Crippen molar-refractivity contribution in [1.29, 1.82) is 0 Å². The molecule has 2 amide bonds. The Morgan fingerprint density at radius 2 is 1.75 bits per heavy atom. The first-order valence-electron chi connectivity index (χ1n) is 13.4. The number of aryl methyl sites for hydroxylation is 1. The minimum Gasteiger partial charge on any atom is -0.480 e. The molecule has 222 valence electrons. The van der Waals surface area contributed by atoms with Gasteiger partial charge in [0.15, 0.2) is 0 Å². The fourth-order valence-corrected chi connectivity index (χ4v) is 4.47. The SMILES string of the molecule is O=C(NCCCCC(NC(CCc1ccccc1)C(=O)O)C(=O)N1CCCC1C(=O)O)OCCCCO[N+](=O)[O-]. The van der Waals surface area contributed by atoms with Crippen LogP contribution in [0.4, 0.5) is 4.79 Å². The van der Waals surface area contributed by atoms with E-state index in [4.69, 9.17) is 4.74 Å². The molecule has 0 saturated carbocycles. The van der Waals surface area contributed by atoms with E-state index < -0.39 is 47.2 Å². The van der Waals surface area contributed by atoms with Crippen LogP contribution in [0.25, 0.3) is 0 Å². The number of amides is 2. The van der Waals surface area contributed by atoms with E-state index in [-0.39, 0.29) is 32.6 Å². The number of carboxylic acids is 2. The summed E-state index contributed by atoms with van der Waals surface area (Å²) in [5.74, 6) is -2.62. The summed E-state index contributed by atoms with van der Waals surface area (Å²) in [6.45, 7) is 0.544. The lowest BCUT2D eigenvalue weighted by Crippen LogP contribution is -2.54. The van der Waals surface area contributed by atoms with Crippen LogP contribution in [0.3, 0.4) is 0 Å². The van der Waals surface area contributed by atoms with Gasteiger partial charge in [0, 0.05) is 13.1 Å². The van der Waals surface area contributed by atoms with Crippen molar-refractivity contribution in [2.45, 2.75) is 75.9 Å². The van der Waals surface area contributed by atoms with Gasteiger partial charge in [-0.2, -0.15) is 0 Å². The minimum atomic E-state index is -1.10. The number of rotatable bonds is 19. The first-order chi connectivity index (χ1) is 19.2. The zero-order chi connectivity index (χ0) is 29.3. The lowest BCUT2D eigenvalue weighted by molar-refractivity contribution is -0.757. The molecule has 0 radical (unpaired) electrons. The second-order valence-electron chi connectivity index (χ2n) is 9.48. The molecule has 1 aromatic carbocycles. The number of nitrogens with zero attached hydrogens (tertiary/aromatic N) is 2. The summed E-state index contributed by atoms with van der Waals surface area (Å²) < 4.78 is 4.99. The average molecular weight is 567 g/mol. The smallest absolute Gasteiger partial charge is 0.407 e. The minimum absolute atomic E-state index is 0.0769. The number of unbranched alkanes of at least 4 members (excludes halogenated alkanes) is 2. The number of benzene rings is 1.